The van der Waals surface area contributed by atoms with Crippen LogP contribution in [0.5, 0.6) is 0 Å². The Kier molecular flexibility index (Phi) is 6.17. The summed E-state index contributed by atoms with van der Waals surface area (Å²) in [5, 5.41) is 11.8. The van der Waals surface area contributed by atoms with Crippen molar-refractivity contribution in [2.75, 3.05) is 13.2 Å². The molecule has 0 aromatic carbocycles. The molecule has 23 heavy (non-hydrogen) atoms. The maximum atomic E-state index is 12.2. The summed E-state index contributed by atoms with van der Waals surface area (Å²) >= 11 is 0. The molecule has 2 aromatic heterocycles. The van der Waals surface area contributed by atoms with E-state index in [2.05, 4.69) is 17.2 Å². The summed E-state index contributed by atoms with van der Waals surface area (Å²) in [5.74, 6) is 0.353. The number of carbonyl (C=O) groups is 1. The Hall–Kier alpha value is -2.34. The van der Waals surface area contributed by atoms with Crippen LogP contribution >= 0.6 is 0 Å². The molecule has 2 heterocycles. The molecule has 6 nitrogen and oxygen atoms in total. The highest BCUT2D eigenvalue weighted by atomic mass is 16.3. The van der Waals surface area contributed by atoms with Gasteiger partial charge < -0.3 is 19.8 Å². The molecule has 0 spiro atoms. The van der Waals surface area contributed by atoms with Crippen molar-refractivity contribution in [2.45, 2.75) is 26.2 Å². The fourth-order valence-corrected chi connectivity index (χ4v) is 2.50. The fraction of sp³-hybridized carbons (Fsp3) is 0.412. The lowest BCUT2D eigenvalue weighted by atomic mass is 10.00. The van der Waals surface area contributed by atoms with E-state index in [1.165, 1.54) is 12.3 Å². The number of H-pyrrole nitrogens is 1. The number of carbonyl (C=O) groups excluding carboxylic acids is 1. The van der Waals surface area contributed by atoms with Crippen LogP contribution in [0.15, 0.2) is 39.7 Å². The van der Waals surface area contributed by atoms with Crippen LogP contribution in [0.2, 0.25) is 0 Å². The van der Waals surface area contributed by atoms with E-state index < -0.39 is 11.5 Å². The van der Waals surface area contributed by atoms with Gasteiger partial charge in [-0.15, -0.1) is 0 Å². The van der Waals surface area contributed by atoms with Gasteiger partial charge in [-0.05, 0) is 43.0 Å². The zero-order valence-electron chi connectivity index (χ0n) is 13.2. The van der Waals surface area contributed by atoms with Gasteiger partial charge in [-0.1, -0.05) is 13.3 Å². The largest absolute Gasteiger partial charge is 0.463 e. The van der Waals surface area contributed by atoms with Crippen LogP contribution < -0.4 is 10.9 Å². The molecule has 1 amide bonds. The molecule has 1 unspecified atom stereocenters. The Labute approximate surface area is 134 Å². The topological polar surface area (TPSA) is 95.3 Å². The molecular weight excluding hydrogens is 296 g/mol. The number of aromatic amines is 1. The molecule has 0 saturated carbocycles. The summed E-state index contributed by atoms with van der Waals surface area (Å²) in [7, 11) is 0. The molecule has 2 rings (SSSR count). The van der Waals surface area contributed by atoms with Crippen LogP contribution in [0, 0.1) is 5.92 Å². The van der Waals surface area contributed by atoms with E-state index in [9.17, 15) is 9.59 Å². The van der Waals surface area contributed by atoms with Crippen molar-refractivity contribution in [3.05, 3.63) is 46.4 Å². The Morgan fingerprint density at radius 3 is 2.78 bits per heavy atom. The summed E-state index contributed by atoms with van der Waals surface area (Å²) in [4.78, 5) is 26.9. The lowest BCUT2D eigenvalue weighted by molar-refractivity contribution is 0.0941. The lowest BCUT2D eigenvalue weighted by Gasteiger charge is -2.15. The zero-order chi connectivity index (χ0) is 16.7. The summed E-state index contributed by atoms with van der Waals surface area (Å²) < 4.78 is 5.21. The smallest absolute Gasteiger partial charge is 0.261 e. The highest BCUT2D eigenvalue weighted by Crippen LogP contribution is 2.15. The average molecular weight is 318 g/mol. The molecule has 0 bridgehead atoms. The van der Waals surface area contributed by atoms with Crippen LogP contribution in [-0.2, 0) is 0 Å². The highest BCUT2D eigenvalue weighted by Gasteiger charge is 2.14. The Bertz CT molecular complexity index is 670. The number of pyridine rings is 1. The maximum absolute atomic E-state index is 12.2. The molecule has 2 aromatic rings. The first kappa shape index (κ1) is 17.0. The van der Waals surface area contributed by atoms with E-state index in [1.807, 2.05) is 0 Å². The van der Waals surface area contributed by atoms with Gasteiger partial charge in [0.2, 0.25) is 0 Å². The summed E-state index contributed by atoms with van der Waals surface area (Å²) in [6.45, 7) is 2.61. The van der Waals surface area contributed by atoms with E-state index >= 15 is 0 Å². The minimum Gasteiger partial charge on any atom is -0.463 e. The minimum atomic E-state index is -0.453. The van der Waals surface area contributed by atoms with Crippen LogP contribution in [-0.4, -0.2) is 29.1 Å². The minimum absolute atomic E-state index is 0.0690. The van der Waals surface area contributed by atoms with Crippen LogP contribution in [0.3, 0.4) is 0 Å². The van der Waals surface area contributed by atoms with Gasteiger partial charge in [0.25, 0.3) is 11.5 Å². The molecule has 3 N–H and O–H groups in total. The molecule has 0 saturated heterocycles. The lowest BCUT2D eigenvalue weighted by Crippen LogP contribution is -2.33. The number of hydrogen-bond donors (Lipinski definition) is 3. The number of furan rings is 1. The van der Waals surface area contributed by atoms with Gasteiger partial charge in [0, 0.05) is 13.2 Å². The van der Waals surface area contributed by atoms with E-state index in [4.69, 9.17) is 9.52 Å². The number of nitrogens with one attached hydrogen (secondary N) is 2. The molecule has 0 radical (unpaired) electrons. The van der Waals surface area contributed by atoms with Crippen molar-refractivity contribution in [3.8, 4) is 11.5 Å². The number of aromatic nitrogens is 1. The molecule has 0 aliphatic heterocycles. The number of aliphatic hydroxyl groups is 1. The number of hydrogen-bond acceptors (Lipinski definition) is 4. The second-order valence-corrected chi connectivity index (χ2v) is 5.47. The van der Waals surface area contributed by atoms with Crippen molar-refractivity contribution >= 4 is 5.91 Å². The third-order valence-electron chi connectivity index (χ3n) is 3.73. The highest BCUT2D eigenvalue weighted by molar-refractivity contribution is 5.94. The van der Waals surface area contributed by atoms with Gasteiger partial charge in [-0.25, -0.2) is 0 Å². The first-order valence-corrected chi connectivity index (χ1v) is 7.82. The summed E-state index contributed by atoms with van der Waals surface area (Å²) in [6, 6.07) is 6.60. The first-order valence-electron chi connectivity index (χ1n) is 7.82. The quantitative estimate of drug-likeness (QED) is 0.695. The molecule has 0 fully saturated rings. The zero-order valence-corrected chi connectivity index (χ0v) is 13.2. The molecule has 0 aliphatic carbocycles. The van der Waals surface area contributed by atoms with E-state index in [0.717, 1.165) is 12.8 Å². The molecular formula is C17H22N2O4. The monoisotopic (exact) mass is 318 g/mol. The van der Waals surface area contributed by atoms with Gasteiger partial charge in [0.05, 0.1) is 12.0 Å². The Balaban J connectivity index is 2.03. The van der Waals surface area contributed by atoms with Gasteiger partial charge >= 0.3 is 0 Å². The van der Waals surface area contributed by atoms with Crippen molar-refractivity contribution in [1.82, 2.24) is 10.3 Å². The van der Waals surface area contributed by atoms with Crippen LogP contribution in [0.25, 0.3) is 11.5 Å². The summed E-state index contributed by atoms with van der Waals surface area (Å²) in [6.07, 6.45) is 4.07. The molecule has 1 atom stereocenters. The van der Waals surface area contributed by atoms with Gasteiger partial charge in [0.1, 0.15) is 11.3 Å². The SMILES string of the molecule is CCCC(CCO)CNC(=O)c1ccc(-c2ccco2)[nH]c1=O. The Morgan fingerprint density at radius 2 is 2.17 bits per heavy atom. The molecule has 124 valence electrons. The normalized spacial score (nSPS) is 12.1. The third kappa shape index (κ3) is 4.56. The second kappa shape index (κ2) is 8.33. The van der Waals surface area contributed by atoms with Crippen LogP contribution in [0.4, 0.5) is 0 Å². The number of rotatable bonds is 8. The van der Waals surface area contributed by atoms with E-state index in [0.29, 0.717) is 24.4 Å². The second-order valence-electron chi connectivity index (χ2n) is 5.47. The third-order valence-corrected chi connectivity index (χ3v) is 3.73. The van der Waals surface area contributed by atoms with Gasteiger partial charge in [-0.3, -0.25) is 9.59 Å². The average Bonchev–Trinajstić information content (AvgIpc) is 3.07. The Morgan fingerprint density at radius 1 is 1.35 bits per heavy atom. The standard InChI is InChI=1S/C17H22N2O4/c1-2-4-12(8-9-20)11-18-16(21)13-6-7-14(19-17(13)22)15-5-3-10-23-15/h3,5-7,10,12,20H,2,4,8-9,11H2,1H3,(H,18,21)(H,19,22). The predicted octanol–water partition coefficient (Wildman–Crippen LogP) is 2.16. The first-order chi connectivity index (χ1) is 11.2. The fourth-order valence-electron chi connectivity index (χ4n) is 2.50. The van der Waals surface area contributed by atoms with Gasteiger partial charge in [0.15, 0.2) is 0 Å². The van der Waals surface area contributed by atoms with Crippen molar-refractivity contribution in [3.63, 3.8) is 0 Å². The van der Waals surface area contributed by atoms with Gasteiger partial charge in [-0.2, -0.15) is 0 Å². The van der Waals surface area contributed by atoms with Crippen LogP contribution in [0.1, 0.15) is 36.5 Å². The predicted molar refractivity (Wildman–Crippen MR) is 87.2 cm³/mol. The van der Waals surface area contributed by atoms with Crippen molar-refractivity contribution in [2.24, 2.45) is 5.92 Å². The van der Waals surface area contributed by atoms with E-state index in [-0.39, 0.29) is 18.1 Å². The number of amides is 1. The molecule has 6 heteroatoms. The van der Waals surface area contributed by atoms with Crippen molar-refractivity contribution in [1.29, 1.82) is 0 Å². The molecule has 0 aliphatic rings. The number of aliphatic hydroxyl groups excluding tert-OH is 1. The summed E-state index contributed by atoms with van der Waals surface area (Å²) in [5.41, 5.74) is 0.144. The maximum Gasteiger partial charge on any atom is 0.261 e. The van der Waals surface area contributed by atoms with E-state index in [1.54, 1.807) is 18.2 Å². The van der Waals surface area contributed by atoms with Crippen molar-refractivity contribution < 1.29 is 14.3 Å².